The maximum Gasteiger partial charge on any atom is 0.328 e. The van der Waals surface area contributed by atoms with E-state index >= 15 is 0 Å². The van der Waals surface area contributed by atoms with Gasteiger partial charge in [-0.3, -0.25) is 4.79 Å². The molecule has 1 saturated heterocycles. The third-order valence-electron chi connectivity index (χ3n) is 3.92. The van der Waals surface area contributed by atoms with E-state index in [9.17, 15) is 14.7 Å². The Morgan fingerprint density at radius 1 is 1.25 bits per heavy atom. The van der Waals surface area contributed by atoms with E-state index in [0.717, 1.165) is 10.8 Å². The van der Waals surface area contributed by atoms with Crippen molar-refractivity contribution < 1.29 is 24.2 Å². The topological polar surface area (TPSA) is 76.1 Å². The lowest BCUT2D eigenvalue weighted by atomic mass is 10.1. The molecule has 7 heteroatoms. The molecular formula is C17H16ClNO5. The van der Waals surface area contributed by atoms with Crippen LogP contribution in [-0.2, 0) is 14.3 Å². The highest BCUT2D eigenvalue weighted by Gasteiger charge is 2.32. The van der Waals surface area contributed by atoms with Gasteiger partial charge in [0.1, 0.15) is 5.75 Å². The predicted octanol–water partition coefficient (Wildman–Crippen LogP) is 2.18. The van der Waals surface area contributed by atoms with Crippen LogP contribution in [0.4, 0.5) is 0 Å². The van der Waals surface area contributed by atoms with Crippen molar-refractivity contribution in [2.24, 2.45) is 0 Å². The van der Waals surface area contributed by atoms with Gasteiger partial charge in [0.25, 0.3) is 5.91 Å². The van der Waals surface area contributed by atoms with Crippen LogP contribution in [0.1, 0.15) is 0 Å². The van der Waals surface area contributed by atoms with E-state index in [1.807, 2.05) is 24.3 Å². The minimum absolute atomic E-state index is 0.00898. The average Bonchev–Trinajstić information content (AvgIpc) is 2.61. The van der Waals surface area contributed by atoms with Crippen molar-refractivity contribution in [1.82, 2.24) is 4.90 Å². The SMILES string of the molecule is O=C(O)C1COCCN1C(=O)COc1ccc(Cl)c2ccccc12. The van der Waals surface area contributed by atoms with Crippen LogP contribution in [-0.4, -0.2) is 54.3 Å². The number of carbonyl (C=O) groups is 2. The fourth-order valence-electron chi connectivity index (χ4n) is 2.69. The van der Waals surface area contributed by atoms with Gasteiger partial charge in [-0.15, -0.1) is 0 Å². The van der Waals surface area contributed by atoms with Crippen LogP contribution in [0.3, 0.4) is 0 Å². The van der Waals surface area contributed by atoms with Gasteiger partial charge in [-0.1, -0.05) is 35.9 Å². The highest BCUT2D eigenvalue weighted by Crippen LogP contribution is 2.31. The summed E-state index contributed by atoms with van der Waals surface area (Å²) in [4.78, 5) is 24.9. The van der Waals surface area contributed by atoms with Crippen LogP contribution in [0.25, 0.3) is 10.8 Å². The number of carboxylic acid groups (broad SMARTS) is 1. The average molecular weight is 350 g/mol. The Morgan fingerprint density at radius 2 is 2.00 bits per heavy atom. The van der Waals surface area contributed by atoms with Crippen molar-refractivity contribution in [2.75, 3.05) is 26.4 Å². The van der Waals surface area contributed by atoms with Gasteiger partial charge in [0.2, 0.25) is 0 Å². The summed E-state index contributed by atoms with van der Waals surface area (Å²) in [5, 5.41) is 11.4. The zero-order valence-electron chi connectivity index (χ0n) is 12.8. The van der Waals surface area contributed by atoms with Crippen molar-refractivity contribution in [3.05, 3.63) is 41.4 Å². The van der Waals surface area contributed by atoms with E-state index in [-0.39, 0.29) is 25.7 Å². The minimum atomic E-state index is -1.08. The number of halogens is 1. The Bertz CT molecular complexity index is 779. The summed E-state index contributed by atoms with van der Waals surface area (Å²) in [5.74, 6) is -0.937. The van der Waals surface area contributed by atoms with Crippen LogP contribution in [0, 0.1) is 0 Å². The van der Waals surface area contributed by atoms with Crippen LogP contribution in [0.5, 0.6) is 5.75 Å². The molecule has 1 amide bonds. The second-order valence-electron chi connectivity index (χ2n) is 5.40. The molecule has 1 unspecified atom stereocenters. The molecule has 1 heterocycles. The fourth-order valence-corrected chi connectivity index (χ4v) is 2.92. The van der Waals surface area contributed by atoms with E-state index in [0.29, 0.717) is 17.4 Å². The molecule has 1 fully saturated rings. The van der Waals surface area contributed by atoms with E-state index in [1.54, 1.807) is 12.1 Å². The Kier molecular flexibility index (Phi) is 4.87. The van der Waals surface area contributed by atoms with Gasteiger partial charge < -0.3 is 19.5 Å². The first kappa shape index (κ1) is 16.5. The molecule has 1 atom stereocenters. The summed E-state index contributed by atoms with van der Waals surface area (Å²) < 4.78 is 10.8. The molecule has 0 bridgehead atoms. The molecule has 1 N–H and O–H groups in total. The van der Waals surface area contributed by atoms with Gasteiger partial charge in [0.15, 0.2) is 12.6 Å². The van der Waals surface area contributed by atoms with E-state index in [4.69, 9.17) is 21.1 Å². The van der Waals surface area contributed by atoms with Crippen molar-refractivity contribution in [3.8, 4) is 5.75 Å². The molecule has 0 saturated carbocycles. The van der Waals surface area contributed by atoms with Gasteiger partial charge in [0, 0.05) is 22.3 Å². The largest absolute Gasteiger partial charge is 0.483 e. The Morgan fingerprint density at radius 3 is 2.75 bits per heavy atom. The molecule has 24 heavy (non-hydrogen) atoms. The lowest BCUT2D eigenvalue weighted by Gasteiger charge is -2.32. The summed E-state index contributed by atoms with van der Waals surface area (Å²) in [7, 11) is 0. The Balaban J connectivity index is 1.75. The number of ether oxygens (including phenoxy) is 2. The number of nitrogens with zero attached hydrogens (tertiary/aromatic N) is 1. The first-order chi connectivity index (χ1) is 11.6. The zero-order chi connectivity index (χ0) is 17.1. The number of hydrogen-bond acceptors (Lipinski definition) is 4. The van der Waals surface area contributed by atoms with Gasteiger partial charge in [-0.2, -0.15) is 0 Å². The molecule has 2 aromatic rings. The minimum Gasteiger partial charge on any atom is -0.483 e. The Hall–Kier alpha value is -2.31. The smallest absolute Gasteiger partial charge is 0.328 e. The lowest BCUT2D eigenvalue weighted by molar-refractivity contribution is -0.159. The molecule has 126 valence electrons. The molecular weight excluding hydrogens is 334 g/mol. The van der Waals surface area contributed by atoms with Gasteiger partial charge in [-0.25, -0.2) is 4.79 Å². The second-order valence-corrected chi connectivity index (χ2v) is 5.80. The van der Waals surface area contributed by atoms with Crippen LogP contribution in [0.15, 0.2) is 36.4 Å². The predicted molar refractivity (Wildman–Crippen MR) is 88.4 cm³/mol. The first-order valence-corrected chi connectivity index (χ1v) is 7.86. The lowest BCUT2D eigenvalue weighted by Crippen LogP contribution is -2.53. The van der Waals surface area contributed by atoms with E-state index < -0.39 is 12.0 Å². The fraction of sp³-hybridized carbons (Fsp3) is 0.294. The molecule has 0 aliphatic carbocycles. The first-order valence-electron chi connectivity index (χ1n) is 7.48. The molecule has 1 aliphatic heterocycles. The number of carbonyl (C=O) groups excluding carboxylic acids is 1. The molecule has 1 aliphatic rings. The third kappa shape index (κ3) is 3.29. The highest BCUT2D eigenvalue weighted by molar-refractivity contribution is 6.35. The monoisotopic (exact) mass is 349 g/mol. The standard InChI is InChI=1S/C17H16ClNO5/c18-13-5-6-15(12-4-2-1-3-11(12)13)24-10-16(20)19-7-8-23-9-14(19)17(21)22/h1-6,14H,7-10H2,(H,21,22). The Labute approximate surface area is 143 Å². The number of aliphatic carboxylic acids is 1. The number of carboxylic acids is 1. The summed E-state index contributed by atoms with van der Waals surface area (Å²) in [6, 6.07) is 9.89. The number of fused-ring (bicyclic) bond motifs is 1. The maximum atomic E-state index is 12.3. The summed E-state index contributed by atoms with van der Waals surface area (Å²) in [5.41, 5.74) is 0. The highest BCUT2D eigenvalue weighted by atomic mass is 35.5. The second kappa shape index (κ2) is 7.07. The number of morpholine rings is 1. The number of hydrogen-bond donors (Lipinski definition) is 1. The molecule has 6 nitrogen and oxygen atoms in total. The summed E-state index contributed by atoms with van der Waals surface area (Å²) in [6.45, 7) is 0.306. The van der Waals surface area contributed by atoms with Crippen molar-refractivity contribution >= 4 is 34.2 Å². The van der Waals surface area contributed by atoms with Crippen molar-refractivity contribution in [2.45, 2.75) is 6.04 Å². The molecule has 0 aromatic heterocycles. The third-order valence-corrected chi connectivity index (χ3v) is 4.25. The van der Waals surface area contributed by atoms with E-state index in [1.165, 1.54) is 4.90 Å². The normalized spacial score (nSPS) is 17.7. The molecule has 3 rings (SSSR count). The quantitative estimate of drug-likeness (QED) is 0.915. The van der Waals surface area contributed by atoms with E-state index in [2.05, 4.69) is 0 Å². The number of rotatable bonds is 4. The van der Waals surface area contributed by atoms with Gasteiger partial charge in [-0.05, 0) is 12.1 Å². The van der Waals surface area contributed by atoms with Crippen molar-refractivity contribution in [1.29, 1.82) is 0 Å². The van der Waals surface area contributed by atoms with Gasteiger partial charge in [0.05, 0.1) is 13.2 Å². The van der Waals surface area contributed by atoms with Gasteiger partial charge >= 0.3 is 5.97 Å². The molecule has 0 radical (unpaired) electrons. The van der Waals surface area contributed by atoms with Crippen LogP contribution >= 0.6 is 11.6 Å². The number of amides is 1. The molecule has 0 spiro atoms. The zero-order valence-corrected chi connectivity index (χ0v) is 13.5. The van der Waals surface area contributed by atoms with Crippen LogP contribution < -0.4 is 4.74 Å². The molecule has 2 aromatic carbocycles. The summed E-state index contributed by atoms with van der Waals surface area (Å²) in [6.07, 6.45) is 0. The van der Waals surface area contributed by atoms with Crippen LogP contribution in [0.2, 0.25) is 5.02 Å². The summed E-state index contributed by atoms with van der Waals surface area (Å²) >= 11 is 6.16. The number of benzene rings is 2. The van der Waals surface area contributed by atoms with Crippen molar-refractivity contribution in [3.63, 3.8) is 0 Å². The maximum absolute atomic E-state index is 12.3.